The third kappa shape index (κ3) is 1.97. The Bertz CT molecular complexity index is 441. The van der Waals surface area contributed by atoms with Crippen molar-refractivity contribution in [3.8, 4) is 0 Å². The molecule has 0 aliphatic carbocycles. The number of nitrogens with zero attached hydrogens (tertiary/aromatic N) is 1. The van der Waals surface area contributed by atoms with Crippen molar-refractivity contribution in [2.45, 2.75) is 12.8 Å². The van der Waals surface area contributed by atoms with E-state index in [1.807, 2.05) is 12.1 Å². The molecule has 0 aromatic heterocycles. The molecule has 4 heteroatoms. The molecule has 4 nitrogen and oxygen atoms in total. The Morgan fingerprint density at radius 3 is 2.33 bits per heavy atom. The van der Waals surface area contributed by atoms with Gasteiger partial charge in [-0.15, -0.1) is 0 Å². The van der Waals surface area contributed by atoms with Crippen LogP contribution in [0.25, 0.3) is 0 Å². The fourth-order valence-electron chi connectivity index (χ4n) is 3.03. The van der Waals surface area contributed by atoms with Crippen molar-refractivity contribution >= 4 is 11.7 Å². The fraction of sp³-hybridized carbons (Fsp3) is 0.500. The van der Waals surface area contributed by atoms with Crippen molar-refractivity contribution in [1.29, 1.82) is 0 Å². The monoisotopic (exact) mass is 246 g/mol. The molecule has 0 amide bonds. The van der Waals surface area contributed by atoms with Crippen LogP contribution in [0.1, 0.15) is 23.2 Å². The summed E-state index contributed by atoms with van der Waals surface area (Å²) in [5.41, 5.74) is 2.01. The minimum Gasteiger partial charge on any atom is -0.478 e. The Balaban J connectivity index is 1.65. The van der Waals surface area contributed by atoms with Gasteiger partial charge in [0.15, 0.2) is 0 Å². The predicted molar refractivity (Wildman–Crippen MR) is 70.2 cm³/mol. The molecular weight excluding hydrogens is 228 g/mol. The van der Waals surface area contributed by atoms with Crippen LogP contribution in [-0.2, 0) is 0 Å². The molecule has 96 valence electrons. The first-order chi connectivity index (χ1) is 8.69. The lowest BCUT2D eigenvalue weighted by atomic mass is 9.72. The second-order valence-corrected chi connectivity index (χ2v) is 5.46. The van der Waals surface area contributed by atoms with Crippen molar-refractivity contribution in [3.63, 3.8) is 0 Å². The Hall–Kier alpha value is -1.55. The van der Waals surface area contributed by atoms with Gasteiger partial charge in [0.25, 0.3) is 0 Å². The maximum Gasteiger partial charge on any atom is 0.335 e. The van der Waals surface area contributed by atoms with E-state index in [0.717, 1.165) is 31.9 Å². The summed E-state index contributed by atoms with van der Waals surface area (Å²) < 4.78 is 0. The minimum absolute atomic E-state index is 0.357. The van der Waals surface area contributed by atoms with E-state index >= 15 is 0 Å². The van der Waals surface area contributed by atoms with Gasteiger partial charge in [0, 0.05) is 24.2 Å². The summed E-state index contributed by atoms with van der Waals surface area (Å²) in [5, 5.41) is 12.3. The molecule has 2 fully saturated rings. The SMILES string of the molecule is O=C(O)c1ccc(N2CC3(CCNCC3)C2)cc1. The van der Waals surface area contributed by atoms with Crippen LogP contribution in [0.15, 0.2) is 24.3 Å². The average molecular weight is 246 g/mol. The number of rotatable bonds is 2. The van der Waals surface area contributed by atoms with Gasteiger partial charge in [-0.2, -0.15) is 0 Å². The number of nitrogens with one attached hydrogen (secondary N) is 1. The largest absolute Gasteiger partial charge is 0.478 e. The number of piperidine rings is 1. The number of carboxylic acids is 1. The summed E-state index contributed by atoms with van der Waals surface area (Å²) in [6, 6.07) is 7.20. The van der Waals surface area contributed by atoms with E-state index in [1.165, 1.54) is 12.8 Å². The lowest BCUT2D eigenvalue weighted by molar-refractivity contribution is 0.0697. The lowest BCUT2D eigenvalue weighted by Crippen LogP contribution is -2.60. The van der Waals surface area contributed by atoms with E-state index in [1.54, 1.807) is 12.1 Å². The molecule has 0 saturated carbocycles. The smallest absolute Gasteiger partial charge is 0.335 e. The topological polar surface area (TPSA) is 52.6 Å². The maximum atomic E-state index is 10.8. The third-order valence-corrected chi connectivity index (χ3v) is 4.20. The van der Waals surface area contributed by atoms with Gasteiger partial charge in [0.1, 0.15) is 0 Å². The number of hydrogen-bond donors (Lipinski definition) is 2. The Kier molecular flexibility index (Phi) is 2.74. The number of benzene rings is 1. The van der Waals surface area contributed by atoms with E-state index < -0.39 is 5.97 Å². The zero-order valence-corrected chi connectivity index (χ0v) is 10.4. The van der Waals surface area contributed by atoms with Crippen molar-refractivity contribution in [2.24, 2.45) is 5.41 Å². The quantitative estimate of drug-likeness (QED) is 0.831. The highest BCUT2D eigenvalue weighted by Crippen LogP contribution is 2.40. The number of aromatic carboxylic acids is 1. The van der Waals surface area contributed by atoms with Gasteiger partial charge >= 0.3 is 5.97 Å². The second-order valence-electron chi connectivity index (χ2n) is 5.46. The molecule has 2 aliphatic rings. The molecule has 2 aliphatic heterocycles. The van der Waals surface area contributed by atoms with Gasteiger partial charge in [-0.1, -0.05) is 0 Å². The Morgan fingerprint density at radius 1 is 1.17 bits per heavy atom. The molecule has 1 aromatic rings. The fourth-order valence-corrected chi connectivity index (χ4v) is 3.03. The Morgan fingerprint density at radius 2 is 1.78 bits per heavy atom. The first kappa shape index (κ1) is 11.5. The van der Waals surface area contributed by atoms with Crippen LogP contribution in [0.3, 0.4) is 0 Å². The minimum atomic E-state index is -0.861. The molecule has 1 aromatic carbocycles. The maximum absolute atomic E-state index is 10.8. The number of anilines is 1. The molecule has 0 bridgehead atoms. The van der Waals surface area contributed by atoms with Gasteiger partial charge < -0.3 is 15.3 Å². The van der Waals surface area contributed by atoms with E-state index in [9.17, 15) is 4.79 Å². The van der Waals surface area contributed by atoms with Crippen LogP contribution in [0.5, 0.6) is 0 Å². The summed E-state index contributed by atoms with van der Waals surface area (Å²) in [6.45, 7) is 4.49. The molecule has 0 radical (unpaired) electrons. The molecule has 2 saturated heterocycles. The number of carbonyl (C=O) groups is 1. The van der Waals surface area contributed by atoms with E-state index in [0.29, 0.717) is 11.0 Å². The molecule has 0 atom stereocenters. The van der Waals surface area contributed by atoms with Crippen LogP contribution >= 0.6 is 0 Å². The Labute approximate surface area is 107 Å². The van der Waals surface area contributed by atoms with Crippen molar-refractivity contribution in [2.75, 3.05) is 31.1 Å². The molecule has 18 heavy (non-hydrogen) atoms. The van der Waals surface area contributed by atoms with Gasteiger partial charge in [0.05, 0.1) is 5.56 Å². The molecular formula is C14H18N2O2. The highest BCUT2D eigenvalue weighted by atomic mass is 16.4. The van der Waals surface area contributed by atoms with Gasteiger partial charge in [-0.05, 0) is 50.2 Å². The second kappa shape index (κ2) is 4.28. The van der Waals surface area contributed by atoms with Crippen molar-refractivity contribution in [3.05, 3.63) is 29.8 Å². The molecule has 0 unspecified atom stereocenters. The van der Waals surface area contributed by atoms with Crippen LogP contribution in [0.4, 0.5) is 5.69 Å². The number of carboxylic acid groups (broad SMARTS) is 1. The summed E-state index contributed by atoms with van der Waals surface area (Å²) in [6.07, 6.45) is 2.52. The van der Waals surface area contributed by atoms with E-state index in [-0.39, 0.29) is 0 Å². The highest BCUT2D eigenvalue weighted by molar-refractivity contribution is 5.88. The molecule has 2 heterocycles. The predicted octanol–water partition coefficient (Wildman–Crippen LogP) is 1.57. The van der Waals surface area contributed by atoms with Gasteiger partial charge in [-0.25, -0.2) is 4.79 Å². The van der Waals surface area contributed by atoms with Crippen LogP contribution in [0, 0.1) is 5.41 Å². The van der Waals surface area contributed by atoms with Crippen LogP contribution in [0.2, 0.25) is 0 Å². The van der Waals surface area contributed by atoms with Gasteiger partial charge in [0.2, 0.25) is 0 Å². The summed E-state index contributed by atoms with van der Waals surface area (Å²) in [4.78, 5) is 13.1. The van der Waals surface area contributed by atoms with Crippen LogP contribution in [-0.4, -0.2) is 37.3 Å². The first-order valence-corrected chi connectivity index (χ1v) is 6.48. The standard InChI is InChI=1S/C14H18N2O2/c17-13(18)11-1-3-12(4-2-11)16-9-14(10-16)5-7-15-8-6-14/h1-4,15H,5-10H2,(H,17,18). The normalized spacial score (nSPS) is 21.7. The van der Waals surface area contributed by atoms with E-state index in [2.05, 4.69) is 10.2 Å². The van der Waals surface area contributed by atoms with Crippen LogP contribution < -0.4 is 10.2 Å². The molecule has 1 spiro atoms. The third-order valence-electron chi connectivity index (χ3n) is 4.20. The highest BCUT2D eigenvalue weighted by Gasteiger charge is 2.43. The molecule has 2 N–H and O–H groups in total. The first-order valence-electron chi connectivity index (χ1n) is 6.48. The zero-order chi connectivity index (χ0) is 12.6. The average Bonchev–Trinajstić information content (AvgIpc) is 2.37. The summed E-state index contributed by atoms with van der Waals surface area (Å²) in [7, 11) is 0. The van der Waals surface area contributed by atoms with Crippen molar-refractivity contribution < 1.29 is 9.90 Å². The molecule has 3 rings (SSSR count). The summed E-state index contributed by atoms with van der Waals surface area (Å²) in [5.74, 6) is -0.861. The lowest BCUT2D eigenvalue weighted by Gasteiger charge is -2.53. The summed E-state index contributed by atoms with van der Waals surface area (Å²) >= 11 is 0. The zero-order valence-electron chi connectivity index (χ0n) is 10.4. The number of hydrogen-bond acceptors (Lipinski definition) is 3. The van der Waals surface area contributed by atoms with Gasteiger partial charge in [-0.3, -0.25) is 0 Å². The van der Waals surface area contributed by atoms with E-state index in [4.69, 9.17) is 5.11 Å². The van der Waals surface area contributed by atoms with Crippen molar-refractivity contribution in [1.82, 2.24) is 5.32 Å².